The minimum absolute atomic E-state index is 0.352. The Morgan fingerprint density at radius 2 is 1.94 bits per heavy atom. The van der Waals surface area contributed by atoms with Crippen molar-refractivity contribution in [2.75, 3.05) is 13.7 Å². The molecule has 0 aromatic heterocycles. The maximum absolute atomic E-state index is 12.3. The summed E-state index contributed by atoms with van der Waals surface area (Å²) in [5.41, 5.74) is 3.58. The van der Waals surface area contributed by atoms with Crippen LogP contribution in [-0.4, -0.2) is 37.8 Å². The second kappa shape index (κ2) is 12.7. The number of halogens is 1. The molecule has 2 N–H and O–H groups in total. The first kappa shape index (κ1) is 24.4. The van der Waals surface area contributed by atoms with E-state index in [1.165, 1.54) is 6.21 Å². The molecule has 2 amide bonds. The topological polar surface area (TPSA) is 89.0 Å². The van der Waals surface area contributed by atoms with Crippen molar-refractivity contribution in [1.82, 2.24) is 10.7 Å². The highest BCUT2D eigenvalue weighted by Gasteiger charge is 2.17. The number of nitrogens with one attached hydrogen (secondary N) is 2. The van der Waals surface area contributed by atoms with Gasteiger partial charge in [0.15, 0.2) is 11.5 Å². The second-order valence-corrected chi connectivity index (χ2v) is 7.70. The molecule has 0 saturated carbocycles. The first-order valence-corrected chi connectivity index (χ1v) is 10.9. The monoisotopic (exact) mass is 489 g/mol. The van der Waals surface area contributed by atoms with E-state index >= 15 is 0 Å². The second-order valence-electron chi connectivity index (χ2n) is 6.84. The summed E-state index contributed by atoms with van der Waals surface area (Å²) in [5.74, 6) is 0.384. The Labute approximate surface area is 191 Å². The summed E-state index contributed by atoms with van der Waals surface area (Å²) in [6.45, 7) is 4.29. The number of benzene rings is 2. The molecule has 166 valence electrons. The molecule has 0 radical (unpaired) electrons. The fourth-order valence-electron chi connectivity index (χ4n) is 2.72. The highest BCUT2D eigenvalue weighted by Crippen LogP contribution is 2.30. The van der Waals surface area contributed by atoms with Crippen molar-refractivity contribution in [1.29, 1.82) is 0 Å². The molecule has 7 nitrogen and oxygen atoms in total. The molecular weight excluding hydrogens is 462 g/mol. The average Bonchev–Trinajstić information content (AvgIpc) is 2.77. The van der Waals surface area contributed by atoms with Crippen molar-refractivity contribution in [2.45, 2.75) is 39.2 Å². The van der Waals surface area contributed by atoms with E-state index in [4.69, 9.17) is 9.47 Å². The van der Waals surface area contributed by atoms with Crippen LogP contribution in [0.25, 0.3) is 0 Å². The molecule has 0 fully saturated rings. The summed E-state index contributed by atoms with van der Waals surface area (Å²) in [7, 11) is 1.58. The summed E-state index contributed by atoms with van der Waals surface area (Å²) < 4.78 is 11.9. The van der Waals surface area contributed by atoms with Gasteiger partial charge in [0, 0.05) is 10.0 Å². The van der Waals surface area contributed by atoms with Gasteiger partial charge in [0.25, 0.3) is 11.8 Å². The van der Waals surface area contributed by atoms with Gasteiger partial charge in [0.1, 0.15) is 6.04 Å². The van der Waals surface area contributed by atoms with Crippen LogP contribution < -0.4 is 20.2 Å². The normalized spacial score (nSPS) is 11.7. The lowest BCUT2D eigenvalue weighted by Gasteiger charge is -2.14. The number of nitrogens with zero attached hydrogens (tertiary/aromatic N) is 1. The number of methoxy groups -OCH3 is 1. The first-order valence-electron chi connectivity index (χ1n) is 10.2. The number of hydrazone groups is 1. The van der Waals surface area contributed by atoms with Gasteiger partial charge in [-0.2, -0.15) is 5.10 Å². The van der Waals surface area contributed by atoms with E-state index < -0.39 is 11.9 Å². The van der Waals surface area contributed by atoms with Gasteiger partial charge in [-0.1, -0.05) is 38.0 Å². The Hall–Kier alpha value is -2.87. The Morgan fingerprint density at radius 1 is 1.16 bits per heavy atom. The van der Waals surface area contributed by atoms with E-state index in [9.17, 15) is 9.59 Å². The van der Waals surface area contributed by atoms with Crippen molar-refractivity contribution in [3.05, 3.63) is 58.1 Å². The number of carbonyl (C=O) groups excluding carboxylic acids is 2. The lowest BCUT2D eigenvalue weighted by Crippen LogP contribution is -2.43. The number of amides is 2. The van der Waals surface area contributed by atoms with Gasteiger partial charge < -0.3 is 14.8 Å². The van der Waals surface area contributed by atoms with Gasteiger partial charge in [-0.25, -0.2) is 5.43 Å². The fraction of sp³-hybridized carbons (Fsp3) is 0.348. The standard InChI is InChI=1S/C23H28BrN3O4/c1-4-5-8-14-31-21-17(10-9-13-20(21)30-3)15-25-27-22(28)16(2)26-23(29)18-11-6-7-12-19(18)24/h6-7,9-13,15-16H,4-5,8,14H2,1-3H3,(H,26,29)(H,27,28). The number of hydrogen-bond donors (Lipinski definition) is 2. The summed E-state index contributed by atoms with van der Waals surface area (Å²) >= 11 is 3.33. The third-order valence-electron chi connectivity index (χ3n) is 4.46. The number of para-hydroxylation sites is 1. The molecule has 0 bridgehead atoms. The van der Waals surface area contributed by atoms with Crippen LogP contribution in [0.15, 0.2) is 52.0 Å². The Morgan fingerprint density at radius 3 is 2.65 bits per heavy atom. The van der Waals surface area contributed by atoms with Crippen LogP contribution in [0.5, 0.6) is 11.5 Å². The molecule has 1 atom stereocenters. The zero-order chi connectivity index (χ0) is 22.6. The molecule has 1 unspecified atom stereocenters. The highest BCUT2D eigenvalue weighted by atomic mass is 79.9. The smallest absolute Gasteiger partial charge is 0.262 e. The molecule has 2 aromatic carbocycles. The van der Waals surface area contributed by atoms with Crippen molar-refractivity contribution in [3.63, 3.8) is 0 Å². The SMILES string of the molecule is CCCCCOc1c(C=NNC(=O)C(C)NC(=O)c2ccccc2Br)cccc1OC. The zero-order valence-corrected chi connectivity index (χ0v) is 19.6. The van der Waals surface area contributed by atoms with Gasteiger partial charge in [-0.05, 0) is 53.5 Å². The van der Waals surface area contributed by atoms with E-state index in [0.29, 0.717) is 33.7 Å². The van der Waals surface area contributed by atoms with E-state index in [1.807, 2.05) is 24.3 Å². The maximum Gasteiger partial charge on any atom is 0.262 e. The number of rotatable bonds is 11. The molecule has 2 aromatic rings. The molecule has 0 heterocycles. The molecule has 0 spiro atoms. The van der Waals surface area contributed by atoms with Crippen LogP contribution >= 0.6 is 15.9 Å². The molecule has 0 aliphatic rings. The number of hydrogen-bond acceptors (Lipinski definition) is 5. The van der Waals surface area contributed by atoms with Gasteiger partial charge in [0.2, 0.25) is 0 Å². The van der Waals surface area contributed by atoms with Crippen LogP contribution in [0.1, 0.15) is 49.0 Å². The molecule has 31 heavy (non-hydrogen) atoms. The Bertz CT molecular complexity index is 917. The zero-order valence-electron chi connectivity index (χ0n) is 18.0. The van der Waals surface area contributed by atoms with Crippen molar-refractivity contribution in [3.8, 4) is 11.5 Å². The van der Waals surface area contributed by atoms with Crippen LogP contribution in [-0.2, 0) is 4.79 Å². The Balaban J connectivity index is 1.98. The third-order valence-corrected chi connectivity index (χ3v) is 5.15. The van der Waals surface area contributed by atoms with E-state index in [-0.39, 0.29) is 5.91 Å². The van der Waals surface area contributed by atoms with Gasteiger partial charge in [0.05, 0.1) is 25.5 Å². The lowest BCUT2D eigenvalue weighted by atomic mass is 10.2. The minimum Gasteiger partial charge on any atom is -0.493 e. The first-order chi connectivity index (χ1) is 15.0. The minimum atomic E-state index is -0.771. The van der Waals surface area contributed by atoms with Gasteiger partial charge >= 0.3 is 0 Å². The predicted molar refractivity (Wildman–Crippen MR) is 125 cm³/mol. The average molecular weight is 490 g/mol. The van der Waals surface area contributed by atoms with E-state index in [2.05, 4.69) is 38.7 Å². The number of unbranched alkanes of at least 4 members (excludes halogenated alkanes) is 2. The number of ether oxygens (including phenoxy) is 2. The van der Waals surface area contributed by atoms with Crippen LogP contribution in [0, 0.1) is 0 Å². The third kappa shape index (κ3) is 7.40. The lowest BCUT2D eigenvalue weighted by molar-refractivity contribution is -0.122. The number of carbonyl (C=O) groups is 2. The van der Waals surface area contributed by atoms with Crippen molar-refractivity contribution >= 4 is 34.0 Å². The molecule has 0 saturated heterocycles. The van der Waals surface area contributed by atoms with Crippen molar-refractivity contribution in [2.24, 2.45) is 5.10 Å². The van der Waals surface area contributed by atoms with Crippen molar-refractivity contribution < 1.29 is 19.1 Å². The van der Waals surface area contributed by atoms with Crippen LogP contribution in [0.4, 0.5) is 0 Å². The van der Waals surface area contributed by atoms with Gasteiger partial charge in [-0.15, -0.1) is 0 Å². The van der Waals surface area contributed by atoms with E-state index in [1.54, 1.807) is 32.2 Å². The quantitative estimate of drug-likeness (QED) is 0.279. The molecule has 0 aliphatic heterocycles. The summed E-state index contributed by atoms with van der Waals surface area (Å²) in [6.07, 6.45) is 4.62. The fourth-order valence-corrected chi connectivity index (χ4v) is 3.19. The highest BCUT2D eigenvalue weighted by molar-refractivity contribution is 9.10. The predicted octanol–water partition coefficient (Wildman–Crippen LogP) is 4.30. The Kier molecular flexibility index (Phi) is 10.0. The molecular formula is C23H28BrN3O4. The van der Waals surface area contributed by atoms with E-state index in [0.717, 1.165) is 19.3 Å². The summed E-state index contributed by atoms with van der Waals surface area (Å²) in [4.78, 5) is 24.7. The van der Waals surface area contributed by atoms with Gasteiger partial charge in [-0.3, -0.25) is 9.59 Å². The van der Waals surface area contributed by atoms with Crippen LogP contribution in [0.2, 0.25) is 0 Å². The molecule has 2 rings (SSSR count). The largest absolute Gasteiger partial charge is 0.493 e. The van der Waals surface area contributed by atoms with Crippen LogP contribution in [0.3, 0.4) is 0 Å². The summed E-state index contributed by atoms with van der Waals surface area (Å²) in [6, 6.07) is 11.7. The maximum atomic E-state index is 12.3. The molecule has 0 aliphatic carbocycles. The summed E-state index contributed by atoms with van der Waals surface area (Å²) in [5, 5.41) is 6.68. The molecule has 8 heteroatoms.